The first-order chi connectivity index (χ1) is 8.78. The molecule has 0 amide bonds. The lowest BCUT2D eigenvalue weighted by atomic mass is 10.2. The summed E-state index contributed by atoms with van der Waals surface area (Å²) in [6, 6.07) is 4.74. The van der Waals surface area contributed by atoms with Gasteiger partial charge in [-0.1, -0.05) is 6.92 Å². The zero-order chi connectivity index (χ0) is 12.8. The smallest absolute Gasteiger partial charge is 0.189 e. The molecular formula is C14H20FNO2. The largest absolute Gasteiger partial charge is 0.467 e. The average molecular weight is 253 g/mol. The third-order valence-corrected chi connectivity index (χ3v) is 2.87. The molecule has 1 fully saturated rings. The molecule has 2 rings (SSSR count). The van der Waals surface area contributed by atoms with Crippen molar-refractivity contribution in [3.63, 3.8) is 0 Å². The van der Waals surface area contributed by atoms with Gasteiger partial charge in [0.1, 0.15) is 11.6 Å². The van der Waals surface area contributed by atoms with E-state index in [1.165, 1.54) is 25.0 Å². The predicted octanol–water partition coefficient (Wildman–Crippen LogP) is 2.70. The quantitative estimate of drug-likeness (QED) is 0.571. The van der Waals surface area contributed by atoms with Crippen LogP contribution >= 0.6 is 0 Å². The summed E-state index contributed by atoms with van der Waals surface area (Å²) in [7, 11) is 0. The summed E-state index contributed by atoms with van der Waals surface area (Å²) in [4.78, 5) is 0. The minimum Gasteiger partial charge on any atom is -0.467 e. The molecule has 1 aromatic rings. The molecule has 1 saturated carbocycles. The minimum atomic E-state index is -0.275. The Morgan fingerprint density at radius 2 is 2.17 bits per heavy atom. The van der Waals surface area contributed by atoms with Gasteiger partial charge in [0.05, 0.1) is 6.61 Å². The van der Waals surface area contributed by atoms with Crippen LogP contribution in [0.1, 0.15) is 25.3 Å². The fourth-order valence-electron chi connectivity index (χ4n) is 1.68. The Morgan fingerprint density at radius 3 is 2.89 bits per heavy atom. The molecule has 0 aliphatic heterocycles. The second kappa shape index (κ2) is 6.71. The van der Waals surface area contributed by atoms with Gasteiger partial charge >= 0.3 is 0 Å². The molecule has 3 nitrogen and oxygen atoms in total. The fraction of sp³-hybridized carbons (Fsp3) is 0.571. The Balaban J connectivity index is 1.79. The standard InChI is InChI=1S/C14H20FNO2/c1-2-16-8-12-5-13(15)7-14(6-12)18-10-17-9-11-3-4-11/h5-7,11,16H,2-4,8-10H2,1H3. The minimum absolute atomic E-state index is 0.195. The van der Waals surface area contributed by atoms with Crippen LogP contribution in [-0.4, -0.2) is 19.9 Å². The summed E-state index contributed by atoms with van der Waals surface area (Å²) < 4.78 is 24.1. The van der Waals surface area contributed by atoms with Gasteiger partial charge in [0.25, 0.3) is 0 Å². The van der Waals surface area contributed by atoms with Crippen molar-refractivity contribution in [2.24, 2.45) is 5.92 Å². The van der Waals surface area contributed by atoms with Gasteiger partial charge in [-0.3, -0.25) is 0 Å². The maximum absolute atomic E-state index is 13.4. The highest BCUT2D eigenvalue weighted by Crippen LogP contribution is 2.28. The van der Waals surface area contributed by atoms with Crippen molar-refractivity contribution >= 4 is 0 Å². The van der Waals surface area contributed by atoms with Crippen molar-refractivity contribution in [1.29, 1.82) is 0 Å². The summed E-state index contributed by atoms with van der Waals surface area (Å²) in [5.41, 5.74) is 0.883. The van der Waals surface area contributed by atoms with Crippen LogP contribution in [0.15, 0.2) is 18.2 Å². The summed E-state index contributed by atoms with van der Waals surface area (Å²) in [6.45, 7) is 4.47. The van der Waals surface area contributed by atoms with Gasteiger partial charge in [0.2, 0.25) is 0 Å². The van der Waals surface area contributed by atoms with E-state index in [2.05, 4.69) is 5.32 Å². The lowest BCUT2D eigenvalue weighted by Crippen LogP contribution is -2.12. The van der Waals surface area contributed by atoms with E-state index in [0.717, 1.165) is 18.7 Å². The van der Waals surface area contributed by atoms with Gasteiger partial charge in [-0.15, -0.1) is 0 Å². The summed E-state index contributed by atoms with van der Waals surface area (Å²) in [5.74, 6) is 0.965. The van der Waals surface area contributed by atoms with Crippen molar-refractivity contribution in [2.45, 2.75) is 26.3 Å². The molecule has 0 atom stereocenters. The van der Waals surface area contributed by atoms with E-state index in [4.69, 9.17) is 9.47 Å². The van der Waals surface area contributed by atoms with Gasteiger partial charge in [-0.05, 0) is 43.0 Å². The fourth-order valence-corrected chi connectivity index (χ4v) is 1.68. The van der Waals surface area contributed by atoms with Crippen molar-refractivity contribution in [2.75, 3.05) is 19.9 Å². The number of ether oxygens (including phenoxy) is 2. The van der Waals surface area contributed by atoms with E-state index in [9.17, 15) is 4.39 Å². The highest BCUT2D eigenvalue weighted by atomic mass is 19.1. The molecule has 1 N–H and O–H groups in total. The van der Waals surface area contributed by atoms with Crippen LogP contribution in [0.2, 0.25) is 0 Å². The number of halogens is 1. The van der Waals surface area contributed by atoms with E-state index < -0.39 is 0 Å². The number of hydrogen-bond donors (Lipinski definition) is 1. The zero-order valence-corrected chi connectivity index (χ0v) is 10.7. The first kappa shape index (κ1) is 13.3. The summed E-state index contributed by atoms with van der Waals surface area (Å²) in [6.07, 6.45) is 2.51. The molecule has 0 bridgehead atoms. The molecule has 0 spiro atoms. The third-order valence-electron chi connectivity index (χ3n) is 2.87. The van der Waals surface area contributed by atoms with E-state index in [1.54, 1.807) is 0 Å². The van der Waals surface area contributed by atoms with Crippen LogP contribution in [-0.2, 0) is 11.3 Å². The van der Waals surface area contributed by atoms with Crippen LogP contribution in [0.4, 0.5) is 4.39 Å². The molecule has 0 unspecified atom stereocenters. The first-order valence-electron chi connectivity index (χ1n) is 6.48. The predicted molar refractivity (Wildman–Crippen MR) is 68.0 cm³/mol. The van der Waals surface area contributed by atoms with Crippen molar-refractivity contribution < 1.29 is 13.9 Å². The average Bonchev–Trinajstić information content (AvgIpc) is 3.15. The molecule has 0 heterocycles. The van der Waals surface area contributed by atoms with Gasteiger partial charge in [-0.2, -0.15) is 0 Å². The molecule has 1 aliphatic carbocycles. The van der Waals surface area contributed by atoms with Crippen molar-refractivity contribution in [3.8, 4) is 5.75 Å². The molecule has 1 aliphatic rings. The Labute approximate surface area is 107 Å². The number of rotatable bonds is 8. The Kier molecular flexibility index (Phi) is 4.96. The third kappa shape index (κ3) is 4.63. The van der Waals surface area contributed by atoms with Crippen LogP contribution < -0.4 is 10.1 Å². The second-order valence-electron chi connectivity index (χ2n) is 4.65. The maximum Gasteiger partial charge on any atom is 0.189 e. The van der Waals surface area contributed by atoms with E-state index in [-0.39, 0.29) is 12.6 Å². The highest BCUT2D eigenvalue weighted by molar-refractivity contribution is 5.29. The molecule has 0 aromatic heterocycles. The lowest BCUT2D eigenvalue weighted by Gasteiger charge is -2.09. The lowest BCUT2D eigenvalue weighted by molar-refractivity contribution is 0.00979. The Morgan fingerprint density at radius 1 is 1.33 bits per heavy atom. The van der Waals surface area contributed by atoms with E-state index >= 15 is 0 Å². The second-order valence-corrected chi connectivity index (χ2v) is 4.65. The number of nitrogens with one attached hydrogen (secondary N) is 1. The first-order valence-corrected chi connectivity index (χ1v) is 6.48. The molecular weight excluding hydrogens is 233 g/mol. The van der Waals surface area contributed by atoms with Gasteiger partial charge in [0.15, 0.2) is 6.79 Å². The van der Waals surface area contributed by atoms with Crippen LogP contribution in [0.5, 0.6) is 5.75 Å². The van der Waals surface area contributed by atoms with Crippen molar-refractivity contribution in [1.82, 2.24) is 5.32 Å². The highest BCUT2D eigenvalue weighted by Gasteiger charge is 2.21. The van der Waals surface area contributed by atoms with Gasteiger partial charge in [-0.25, -0.2) is 4.39 Å². The number of benzene rings is 1. The molecule has 1 aromatic carbocycles. The number of hydrogen-bond acceptors (Lipinski definition) is 3. The Hall–Kier alpha value is -1.13. The van der Waals surface area contributed by atoms with Crippen LogP contribution in [0, 0.1) is 11.7 Å². The Bertz CT molecular complexity index is 380. The summed E-state index contributed by atoms with van der Waals surface area (Å²) in [5, 5.41) is 3.16. The van der Waals surface area contributed by atoms with Gasteiger partial charge < -0.3 is 14.8 Å². The molecule has 18 heavy (non-hydrogen) atoms. The van der Waals surface area contributed by atoms with E-state index in [1.807, 2.05) is 13.0 Å². The topological polar surface area (TPSA) is 30.5 Å². The van der Waals surface area contributed by atoms with Crippen LogP contribution in [0.25, 0.3) is 0 Å². The van der Waals surface area contributed by atoms with Crippen LogP contribution in [0.3, 0.4) is 0 Å². The zero-order valence-electron chi connectivity index (χ0n) is 10.7. The molecule has 0 radical (unpaired) electrons. The SMILES string of the molecule is CCNCc1cc(F)cc(OCOCC2CC2)c1. The maximum atomic E-state index is 13.4. The van der Waals surface area contributed by atoms with Crippen molar-refractivity contribution in [3.05, 3.63) is 29.6 Å². The van der Waals surface area contributed by atoms with E-state index in [0.29, 0.717) is 18.2 Å². The monoisotopic (exact) mass is 253 g/mol. The summed E-state index contributed by atoms with van der Waals surface area (Å²) >= 11 is 0. The molecule has 4 heteroatoms. The molecule has 100 valence electrons. The van der Waals surface area contributed by atoms with Gasteiger partial charge in [0, 0.05) is 12.6 Å². The molecule has 0 saturated heterocycles. The normalized spacial score (nSPS) is 14.8.